The number of fused-ring (bicyclic) bond motifs is 5. The number of aryl methyl sites for hydroxylation is 2. The van der Waals surface area contributed by atoms with E-state index in [4.69, 9.17) is 9.90 Å². The third-order valence-electron chi connectivity index (χ3n) is 5.31. The summed E-state index contributed by atoms with van der Waals surface area (Å²) >= 11 is 1.88. The lowest BCUT2D eigenvalue weighted by atomic mass is 9.73. The molecule has 4 rings (SSSR count). The van der Waals surface area contributed by atoms with Gasteiger partial charge in [0, 0.05) is 23.4 Å². The Labute approximate surface area is 169 Å². The predicted octanol–water partition coefficient (Wildman–Crippen LogP) is 4.30. The van der Waals surface area contributed by atoms with Gasteiger partial charge in [-0.2, -0.15) is 13.2 Å². The van der Waals surface area contributed by atoms with Crippen LogP contribution < -0.4 is 5.32 Å². The Balaban J connectivity index is 0.000000298. The zero-order valence-electron chi connectivity index (χ0n) is 15.7. The molecule has 1 aliphatic carbocycles. The first-order chi connectivity index (χ1) is 13.6. The maximum absolute atomic E-state index is 10.6. The van der Waals surface area contributed by atoms with Crippen molar-refractivity contribution in [3.8, 4) is 11.5 Å². The smallest absolute Gasteiger partial charge is 0.490 e. The third-order valence-corrected chi connectivity index (χ3v) is 6.41. The van der Waals surface area contributed by atoms with Gasteiger partial charge in [-0.1, -0.05) is 13.3 Å². The summed E-state index contributed by atoms with van der Waals surface area (Å²) < 4.78 is 31.7. The summed E-state index contributed by atoms with van der Waals surface area (Å²) in [6.07, 6.45) is -0.724. The standard InChI is InChI=1S/C18H21NO2S.C2HF3O2/c1-2-3-17-12-8-19-14-5-4-10-6-15(20)16(21)7-11(10)18(14)13(12)9-22-17;3-2(4,5)1(6)7/h6-7,9,14,18-21H,2-5,8H2,1H3;(H,6,7). The third kappa shape index (κ3) is 4.35. The quantitative estimate of drug-likeness (QED) is 0.535. The molecular formula is C20H22F3NO4S. The maximum Gasteiger partial charge on any atom is 0.490 e. The zero-order valence-corrected chi connectivity index (χ0v) is 16.5. The number of alkyl halides is 3. The van der Waals surface area contributed by atoms with Crippen LogP contribution in [0.25, 0.3) is 0 Å². The van der Waals surface area contributed by atoms with Crippen molar-refractivity contribution in [2.45, 2.75) is 57.3 Å². The van der Waals surface area contributed by atoms with E-state index in [1.165, 1.54) is 33.6 Å². The normalized spacial score (nSPS) is 20.0. The van der Waals surface area contributed by atoms with Gasteiger partial charge in [-0.05, 0) is 59.0 Å². The molecule has 0 saturated carbocycles. The molecule has 1 aliphatic heterocycles. The molecule has 5 nitrogen and oxygen atoms in total. The second-order valence-corrected chi connectivity index (χ2v) is 8.15. The molecule has 9 heteroatoms. The molecule has 0 spiro atoms. The van der Waals surface area contributed by atoms with Crippen molar-refractivity contribution in [3.63, 3.8) is 0 Å². The zero-order chi connectivity index (χ0) is 21.3. The van der Waals surface area contributed by atoms with Crippen LogP contribution in [0.2, 0.25) is 0 Å². The van der Waals surface area contributed by atoms with E-state index in [0.29, 0.717) is 12.0 Å². The summed E-state index contributed by atoms with van der Waals surface area (Å²) in [6, 6.07) is 3.96. The lowest BCUT2D eigenvalue weighted by molar-refractivity contribution is -0.192. The fraction of sp³-hybridized carbons (Fsp3) is 0.450. The van der Waals surface area contributed by atoms with E-state index in [2.05, 4.69) is 17.6 Å². The molecule has 2 atom stereocenters. The number of halogens is 3. The average molecular weight is 429 g/mol. The molecule has 0 bridgehead atoms. The lowest BCUT2D eigenvalue weighted by Gasteiger charge is -2.38. The number of carboxylic acids is 1. The molecule has 0 amide bonds. The first kappa shape index (κ1) is 21.4. The van der Waals surface area contributed by atoms with E-state index in [1.807, 2.05) is 11.3 Å². The van der Waals surface area contributed by atoms with Gasteiger partial charge in [-0.3, -0.25) is 0 Å². The Hall–Kier alpha value is -2.26. The van der Waals surface area contributed by atoms with E-state index >= 15 is 0 Å². The molecule has 0 radical (unpaired) electrons. The molecular weight excluding hydrogens is 407 g/mol. The monoisotopic (exact) mass is 429 g/mol. The average Bonchev–Trinajstić information content (AvgIpc) is 3.05. The Kier molecular flexibility index (Phi) is 6.09. The summed E-state index contributed by atoms with van der Waals surface area (Å²) in [5, 5.41) is 32.9. The minimum absolute atomic E-state index is 0.00168. The molecule has 2 aliphatic rings. The number of benzene rings is 1. The van der Waals surface area contributed by atoms with Crippen LogP contribution in [0.4, 0.5) is 13.2 Å². The molecule has 158 valence electrons. The summed E-state index contributed by atoms with van der Waals surface area (Å²) in [7, 11) is 0. The van der Waals surface area contributed by atoms with Crippen molar-refractivity contribution >= 4 is 17.3 Å². The van der Waals surface area contributed by atoms with Gasteiger partial charge in [-0.15, -0.1) is 11.3 Å². The Morgan fingerprint density at radius 2 is 1.90 bits per heavy atom. The Morgan fingerprint density at radius 3 is 2.52 bits per heavy atom. The van der Waals surface area contributed by atoms with Gasteiger partial charge < -0.3 is 20.6 Å². The highest BCUT2D eigenvalue weighted by Crippen LogP contribution is 2.46. The number of aromatic hydroxyl groups is 2. The molecule has 2 heterocycles. The Bertz CT molecular complexity index is 910. The SMILES string of the molecule is CCCc1scc2c1CNC1CCc3cc(O)c(O)cc3C21.O=C(O)C(F)(F)F. The van der Waals surface area contributed by atoms with Gasteiger partial charge in [0.05, 0.1) is 0 Å². The maximum atomic E-state index is 10.6. The van der Waals surface area contributed by atoms with Gasteiger partial charge in [0.2, 0.25) is 0 Å². The van der Waals surface area contributed by atoms with Crippen LogP contribution in [0.3, 0.4) is 0 Å². The van der Waals surface area contributed by atoms with E-state index in [9.17, 15) is 23.4 Å². The van der Waals surface area contributed by atoms with Crippen LogP contribution in [0, 0.1) is 0 Å². The van der Waals surface area contributed by atoms with Gasteiger partial charge >= 0.3 is 12.1 Å². The minimum atomic E-state index is -5.08. The molecule has 1 aromatic heterocycles. The molecule has 2 aromatic rings. The topological polar surface area (TPSA) is 89.8 Å². The first-order valence-electron chi connectivity index (χ1n) is 9.30. The molecule has 1 aromatic carbocycles. The predicted molar refractivity (Wildman–Crippen MR) is 103 cm³/mol. The van der Waals surface area contributed by atoms with Gasteiger partial charge in [0.25, 0.3) is 0 Å². The number of hydrogen-bond acceptors (Lipinski definition) is 5. The number of thiophene rings is 1. The molecule has 29 heavy (non-hydrogen) atoms. The summed E-state index contributed by atoms with van der Waals surface area (Å²) in [5.74, 6) is -2.46. The number of carboxylic acid groups (broad SMARTS) is 1. The number of nitrogens with one attached hydrogen (secondary N) is 1. The summed E-state index contributed by atoms with van der Waals surface area (Å²) in [6.45, 7) is 3.19. The number of carbonyl (C=O) groups is 1. The van der Waals surface area contributed by atoms with Gasteiger partial charge in [0.15, 0.2) is 11.5 Å². The molecule has 0 fully saturated rings. The van der Waals surface area contributed by atoms with Crippen LogP contribution >= 0.6 is 11.3 Å². The van der Waals surface area contributed by atoms with E-state index in [1.54, 1.807) is 12.1 Å². The van der Waals surface area contributed by atoms with Gasteiger partial charge in [-0.25, -0.2) is 4.79 Å². The van der Waals surface area contributed by atoms with Crippen LogP contribution in [-0.4, -0.2) is 33.5 Å². The highest BCUT2D eigenvalue weighted by atomic mass is 32.1. The number of phenolic OH excluding ortho intramolecular Hbond substituents is 2. The van der Waals surface area contributed by atoms with Crippen molar-refractivity contribution < 1.29 is 33.3 Å². The number of aliphatic carboxylic acids is 1. The van der Waals surface area contributed by atoms with Crippen LogP contribution in [-0.2, 0) is 24.2 Å². The minimum Gasteiger partial charge on any atom is -0.504 e. The Morgan fingerprint density at radius 1 is 1.24 bits per heavy atom. The van der Waals surface area contributed by atoms with Crippen molar-refractivity contribution in [1.82, 2.24) is 5.32 Å². The number of phenols is 2. The summed E-state index contributed by atoms with van der Waals surface area (Å²) in [4.78, 5) is 10.4. The van der Waals surface area contributed by atoms with Crippen molar-refractivity contribution in [2.75, 3.05) is 0 Å². The fourth-order valence-electron chi connectivity index (χ4n) is 4.01. The van der Waals surface area contributed by atoms with Crippen molar-refractivity contribution in [3.05, 3.63) is 44.6 Å². The highest BCUT2D eigenvalue weighted by molar-refractivity contribution is 7.10. The molecule has 0 saturated heterocycles. The summed E-state index contributed by atoms with van der Waals surface area (Å²) in [5.41, 5.74) is 5.26. The van der Waals surface area contributed by atoms with Crippen LogP contribution in [0.5, 0.6) is 11.5 Å². The second-order valence-electron chi connectivity index (χ2n) is 7.19. The number of rotatable bonds is 2. The van der Waals surface area contributed by atoms with E-state index in [-0.39, 0.29) is 11.5 Å². The van der Waals surface area contributed by atoms with Crippen LogP contribution in [0.1, 0.15) is 52.8 Å². The largest absolute Gasteiger partial charge is 0.504 e. The van der Waals surface area contributed by atoms with Crippen molar-refractivity contribution in [1.29, 1.82) is 0 Å². The first-order valence-corrected chi connectivity index (χ1v) is 10.2. The highest BCUT2D eigenvalue weighted by Gasteiger charge is 2.38. The lowest BCUT2D eigenvalue weighted by Crippen LogP contribution is -2.42. The second kappa shape index (κ2) is 8.23. The van der Waals surface area contributed by atoms with Gasteiger partial charge in [0.1, 0.15) is 0 Å². The van der Waals surface area contributed by atoms with Crippen LogP contribution in [0.15, 0.2) is 17.5 Å². The number of hydrogen-bond donors (Lipinski definition) is 4. The van der Waals surface area contributed by atoms with E-state index < -0.39 is 12.1 Å². The van der Waals surface area contributed by atoms with E-state index in [0.717, 1.165) is 25.8 Å². The molecule has 2 unspecified atom stereocenters. The fourth-order valence-corrected chi connectivity index (χ4v) is 5.22. The molecule has 4 N–H and O–H groups in total. The van der Waals surface area contributed by atoms with Crippen molar-refractivity contribution in [2.24, 2.45) is 0 Å².